The van der Waals surface area contributed by atoms with Crippen LogP contribution in [-0.2, 0) is 6.54 Å². The van der Waals surface area contributed by atoms with Gasteiger partial charge in [-0.1, -0.05) is 23.7 Å². The molecular formula is C16H15BrClNO. The van der Waals surface area contributed by atoms with Gasteiger partial charge in [0.05, 0.1) is 4.47 Å². The fourth-order valence-corrected chi connectivity index (χ4v) is 2.67. The molecule has 1 saturated carbocycles. The molecule has 0 aliphatic heterocycles. The molecule has 2 nitrogen and oxygen atoms in total. The molecule has 1 aliphatic carbocycles. The van der Waals surface area contributed by atoms with E-state index >= 15 is 0 Å². The molecule has 2 aromatic rings. The minimum atomic E-state index is 0.686. The first-order valence-corrected chi connectivity index (χ1v) is 7.83. The van der Waals surface area contributed by atoms with Gasteiger partial charge < -0.3 is 10.1 Å². The molecular weight excluding hydrogens is 338 g/mol. The van der Waals surface area contributed by atoms with Crippen LogP contribution < -0.4 is 10.1 Å². The zero-order chi connectivity index (χ0) is 13.9. The van der Waals surface area contributed by atoms with E-state index in [2.05, 4.69) is 33.4 Å². The molecule has 0 atom stereocenters. The fourth-order valence-electron chi connectivity index (χ4n) is 1.91. The highest BCUT2D eigenvalue weighted by Crippen LogP contribution is 2.32. The van der Waals surface area contributed by atoms with Crippen LogP contribution in [0.1, 0.15) is 18.4 Å². The average Bonchev–Trinajstić information content (AvgIpc) is 3.25. The lowest BCUT2D eigenvalue weighted by Gasteiger charge is -2.09. The highest BCUT2D eigenvalue weighted by atomic mass is 79.9. The smallest absolute Gasteiger partial charge is 0.141 e. The molecule has 2 aromatic carbocycles. The van der Waals surface area contributed by atoms with Gasteiger partial charge in [0.1, 0.15) is 11.5 Å². The van der Waals surface area contributed by atoms with Gasteiger partial charge in [0.25, 0.3) is 0 Å². The van der Waals surface area contributed by atoms with Crippen LogP contribution in [0.15, 0.2) is 46.9 Å². The van der Waals surface area contributed by atoms with Gasteiger partial charge in [-0.2, -0.15) is 0 Å². The van der Waals surface area contributed by atoms with Crippen LogP contribution in [0.5, 0.6) is 11.5 Å². The summed E-state index contributed by atoms with van der Waals surface area (Å²) in [7, 11) is 0. The Kier molecular flexibility index (Phi) is 4.29. The molecule has 0 spiro atoms. The molecule has 0 bridgehead atoms. The zero-order valence-corrected chi connectivity index (χ0v) is 13.2. The van der Waals surface area contributed by atoms with Crippen molar-refractivity contribution in [2.45, 2.75) is 25.4 Å². The summed E-state index contributed by atoms with van der Waals surface area (Å²) < 4.78 is 6.68. The number of rotatable bonds is 5. The van der Waals surface area contributed by atoms with Crippen LogP contribution in [0.3, 0.4) is 0 Å². The predicted molar refractivity (Wildman–Crippen MR) is 85.5 cm³/mol. The minimum Gasteiger partial charge on any atom is -0.456 e. The monoisotopic (exact) mass is 351 g/mol. The van der Waals surface area contributed by atoms with Crippen molar-refractivity contribution in [3.8, 4) is 11.5 Å². The van der Waals surface area contributed by atoms with E-state index in [1.165, 1.54) is 18.4 Å². The van der Waals surface area contributed by atoms with E-state index in [9.17, 15) is 0 Å². The van der Waals surface area contributed by atoms with E-state index < -0.39 is 0 Å². The molecule has 4 heteroatoms. The van der Waals surface area contributed by atoms with Crippen molar-refractivity contribution >= 4 is 27.5 Å². The summed E-state index contributed by atoms with van der Waals surface area (Å²) in [6.07, 6.45) is 2.62. The molecule has 0 unspecified atom stereocenters. The van der Waals surface area contributed by atoms with Gasteiger partial charge in [0, 0.05) is 17.6 Å². The number of nitrogens with one attached hydrogen (secondary N) is 1. The second kappa shape index (κ2) is 6.17. The van der Waals surface area contributed by atoms with Crippen LogP contribution in [0.4, 0.5) is 0 Å². The molecule has 20 heavy (non-hydrogen) atoms. The summed E-state index contributed by atoms with van der Waals surface area (Å²) in [6, 6.07) is 14.4. The lowest BCUT2D eigenvalue weighted by Crippen LogP contribution is -2.14. The fraction of sp³-hybridized carbons (Fsp3) is 0.250. The molecule has 0 radical (unpaired) electrons. The Morgan fingerprint density at radius 3 is 2.55 bits per heavy atom. The van der Waals surface area contributed by atoms with Crippen molar-refractivity contribution in [1.29, 1.82) is 0 Å². The molecule has 0 aromatic heterocycles. The third-order valence-electron chi connectivity index (χ3n) is 3.22. The first-order chi connectivity index (χ1) is 9.70. The summed E-state index contributed by atoms with van der Waals surface area (Å²) in [4.78, 5) is 0. The van der Waals surface area contributed by atoms with Crippen LogP contribution in [0.25, 0.3) is 0 Å². The van der Waals surface area contributed by atoms with Gasteiger partial charge in [-0.15, -0.1) is 0 Å². The van der Waals surface area contributed by atoms with E-state index in [1.54, 1.807) is 0 Å². The Balaban J connectivity index is 1.64. The minimum absolute atomic E-state index is 0.686. The zero-order valence-electron chi connectivity index (χ0n) is 10.9. The summed E-state index contributed by atoms with van der Waals surface area (Å²) in [5, 5.41) is 4.18. The second-order valence-electron chi connectivity index (χ2n) is 4.98. The van der Waals surface area contributed by atoms with Gasteiger partial charge in [-0.05, 0) is 64.7 Å². The van der Waals surface area contributed by atoms with Crippen molar-refractivity contribution in [2.75, 3.05) is 0 Å². The molecule has 0 amide bonds. The van der Waals surface area contributed by atoms with Crippen LogP contribution in [-0.4, -0.2) is 6.04 Å². The summed E-state index contributed by atoms with van der Waals surface area (Å²) in [5.41, 5.74) is 1.28. The van der Waals surface area contributed by atoms with E-state index in [-0.39, 0.29) is 0 Å². The Labute approximate surface area is 132 Å². The first-order valence-electron chi connectivity index (χ1n) is 6.66. The summed E-state index contributed by atoms with van der Waals surface area (Å²) in [5.74, 6) is 1.58. The van der Waals surface area contributed by atoms with E-state index in [0.29, 0.717) is 5.02 Å². The van der Waals surface area contributed by atoms with Gasteiger partial charge in [-0.25, -0.2) is 0 Å². The molecule has 3 rings (SSSR count). The Hall–Kier alpha value is -1.03. The molecule has 104 valence electrons. The van der Waals surface area contributed by atoms with Gasteiger partial charge in [0.2, 0.25) is 0 Å². The van der Waals surface area contributed by atoms with Crippen molar-refractivity contribution in [2.24, 2.45) is 0 Å². The molecule has 1 fully saturated rings. The standard InChI is InChI=1S/C16H15BrClNO/c17-15-9-12(18)3-8-16(15)20-14-6-1-11(2-7-14)10-19-13-4-5-13/h1-3,6-9,13,19H,4-5,10H2. The number of hydrogen-bond donors (Lipinski definition) is 1. The second-order valence-corrected chi connectivity index (χ2v) is 6.27. The average molecular weight is 353 g/mol. The Bertz CT molecular complexity index is 596. The number of hydrogen-bond acceptors (Lipinski definition) is 2. The van der Waals surface area contributed by atoms with Crippen molar-refractivity contribution in [3.63, 3.8) is 0 Å². The van der Waals surface area contributed by atoms with Crippen LogP contribution in [0.2, 0.25) is 5.02 Å². The van der Waals surface area contributed by atoms with Crippen molar-refractivity contribution < 1.29 is 4.74 Å². The quantitative estimate of drug-likeness (QED) is 0.804. The maximum atomic E-state index is 5.91. The topological polar surface area (TPSA) is 21.3 Å². The third kappa shape index (κ3) is 3.75. The van der Waals surface area contributed by atoms with Gasteiger partial charge in [0.15, 0.2) is 0 Å². The first kappa shape index (κ1) is 13.9. The molecule has 0 heterocycles. The number of benzene rings is 2. The normalized spacial score (nSPS) is 14.3. The van der Waals surface area contributed by atoms with Crippen LogP contribution >= 0.6 is 27.5 Å². The Morgan fingerprint density at radius 1 is 1.15 bits per heavy atom. The van der Waals surface area contributed by atoms with E-state index in [1.807, 2.05) is 30.3 Å². The summed E-state index contributed by atoms with van der Waals surface area (Å²) in [6.45, 7) is 0.926. The van der Waals surface area contributed by atoms with Crippen molar-refractivity contribution in [3.05, 3.63) is 57.5 Å². The SMILES string of the molecule is Clc1ccc(Oc2ccc(CNC3CC3)cc2)c(Br)c1. The molecule has 0 saturated heterocycles. The maximum absolute atomic E-state index is 5.91. The predicted octanol–water partition coefficient (Wildman–Crippen LogP) is 5.15. The van der Waals surface area contributed by atoms with E-state index in [0.717, 1.165) is 28.6 Å². The van der Waals surface area contributed by atoms with E-state index in [4.69, 9.17) is 16.3 Å². The lowest BCUT2D eigenvalue weighted by atomic mass is 10.2. The third-order valence-corrected chi connectivity index (χ3v) is 4.07. The van der Waals surface area contributed by atoms with Gasteiger partial charge in [-0.3, -0.25) is 0 Å². The highest BCUT2D eigenvalue weighted by Gasteiger charge is 2.19. The number of halogens is 2. The Morgan fingerprint density at radius 2 is 1.90 bits per heavy atom. The highest BCUT2D eigenvalue weighted by molar-refractivity contribution is 9.10. The number of ether oxygens (including phenoxy) is 1. The lowest BCUT2D eigenvalue weighted by molar-refractivity contribution is 0.479. The maximum Gasteiger partial charge on any atom is 0.141 e. The van der Waals surface area contributed by atoms with Crippen LogP contribution in [0, 0.1) is 0 Å². The molecule has 1 N–H and O–H groups in total. The largest absolute Gasteiger partial charge is 0.456 e. The molecule has 1 aliphatic rings. The van der Waals surface area contributed by atoms with Gasteiger partial charge >= 0.3 is 0 Å². The summed E-state index contributed by atoms with van der Waals surface area (Å²) >= 11 is 9.36. The van der Waals surface area contributed by atoms with Crippen molar-refractivity contribution in [1.82, 2.24) is 5.32 Å².